The van der Waals surface area contributed by atoms with E-state index in [0.29, 0.717) is 17.9 Å². The zero-order chi connectivity index (χ0) is 16.8. The summed E-state index contributed by atoms with van der Waals surface area (Å²) in [7, 11) is 3.65. The molecule has 23 heavy (non-hydrogen) atoms. The number of hydrogen-bond donors (Lipinski definition) is 2. The van der Waals surface area contributed by atoms with E-state index < -0.39 is 0 Å². The first-order chi connectivity index (χ1) is 10.9. The molecule has 0 unspecified atom stereocenters. The Kier molecular flexibility index (Phi) is 5.48. The Labute approximate surface area is 135 Å². The Bertz CT molecular complexity index is 693. The van der Waals surface area contributed by atoms with E-state index in [9.17, 15) is 9.59 Å². The number of aromatic nitrogens is 2. The van der Waals surface area contributed by atoms with E-state index in [0.717, 1.165) is 5.69 Å². The zero-order valence-electron chi connectivity index (χ0n) is 13.5. The number of likely N-dealkylation sites (N-methyl/N-ethyl adjacent to an activating group) is 1. The molecule has 0 saturated heterocycles. The maximum absolute atomic E-state index is 12.0. The monoisotopic (exact) mass is 315 g/mol. The number of benzene rings is 1. The lowest BCUT2D eigenvalue weighted by Gasteiger charge is -2.11. The largest absolute Gasteiger partial charge is 0.325 e. The van der Waals surface area contributed by atoms with Crippen molar-refractivity contribution in [3.8, 4) is 0 Å². The summed E-state index contributed by atoms with van der Waals surface area (Å²) in [5, 5.41) is 9.75. The van der Waals surface area contributed by atoms with E-state index in [4.69, 9.17) is 0 Å². The minimum Gasteiger partial charge on any atom is -0.325 e. The second-order valence-electron chi connectivity index (χ2n) is 5.57. The van der Waals surface area contributed by atoms with Crippen LogP contribution >= 0.6 is 0 Å². The van der Waals surface area contributed by atoms with Gasteiger partial charge in [0, 0.05) is 17.6 Å². The molecule has 7 heteroatoms. The van der Waals surface area contributed by atoms with Gasteiger partial charge < -0.3 is 15.5 Å². The third-order valence-corrected chi connectivity index (χ3v) is 2.97. The summed E-state index contributed by atoms with van der Waals surface area (Å²) in [6.07, 6.45) is 1.76. The highest BCUT2D eigenvalue weighted by molar-refractivity contribution is 5.94. The van der Waals surface area contributed by atoms with Crippen LogP contribution in [-0.4, -0.2) is 47.1 Å². The molecule has 1 aromatic heterocycles. The van der Waals surface area contributed by atoms with Crippen LogP contribution in [0.15, 0.2) is 36.5 Å². The van der Waals surface area contributed by atoms with Gasteiger partial charge in [-0.15, -0.1) is 0 Å². The molecule has 0 radical (unpaired) electrons. The molecule has 1 aromatic carbocycles. The number of rotatable bonds is 6. The molecule has 2 rings (SSSR count). The second-order valence-corrected chi connectivity index (χ2v) is 5.57. The first-order valence-corrected chi connectivity index (χ1v) is 7.27. The van der Waals surface area contributed by atoms with Crippen molar-refractivity contribution < 1.29 is 9.59 Å². The highest BCUT2D eigenvalue weighted by Crippen LogP contribution is 2.15. The maximum atomic E-state index is 12.0. The summed E-state index contributed by atoms with van der Waals surface area (Å²) in [5.41, 5.74) is 2.13. The van der Waals surface area contributed by atoms with Gasteiger partial charge in [0.1, 0.15) is 6.54 Å². The minimum absolute atomic E-state index is 0.106. The normalized spacial score (nSPS) is 10.6. The fraction of sp³-hybridized carbons (Fsp3) is 0.312. The van der Waals surface area contributed by atoms with Gasteiger partial charge in [0.05, 0.1) is 12.2 Å². The Morgan fingerprint density at radius 1 is 1.13 bits per heavy atom. The Morgan fingerprint density at radius 2 is 1.78 bits per heavy atom. The molecule has 122 valence electrons. The number of carbonyl (C=O) groups is 2. The van der Waals surface area contributed by atoms with Gasteiger partial charge >= 0.3 is 0 Å². The molecule has 0 aliphatic carbocycles. The van der Waals surface area contributed by atoms with E-state index in [1.165, 1.54) is 0 Å². The van der Waals surface area contributed by atoms with Crippen molar-refractivity contribution >= 4 is 23.2 Å². The van der Waals surface area contributed by atoms with Crippen molar-refractivity contribution in [2.75, 3.05) is 31.3 Å². The van der Waals surface area contributed by atoms with Crippen LogP contribution in [0.1, 0.15) is 5.69 Å². The van der Waals surface area contributed by atoms with Gasteiger partial charge in [0.15, 0.2) is 0 Å². The second kappa shape index (κ2) is 7.55. The summed E-state index contributed by atoms with van der Waals surface area (Å²) in [5.74, 6) is -0.282. The third kappa shape index (κ3) is 5.55. The Balaban J connectivity index is 1.94. The average Bonchev–Trinajstić information content (AvgIpc) is 2.83. The minimum atomic E-state index is -0.176. The van der Waals surface area contributed by atoms with Gasteiger partial charge in [-0.25, -0.2) is 0 Å². The molecule has 0 spiro atoms. The fourth-order valence-electron chi connectivity index (χ4n) is 2.06. The number of nitrogens with one attached hydrogen (secondary N) is 2. The Morgan fingerprint density at radius 3 is 2.35 bits per heavy atom. The lowest BCUT2D eigenvalue weighted by atomic mass is 10.2. The molecule has 0 atom stereocenters. The molecule has 0 aliphatic heterocycles. The summed E-state index contributed by atoms with van der Waals surface area (Å²) >= 11 is 0. The van der Waals surface area contributed by atoms with Crippen LogP contribution in [0.5, 0.6) is 0 Å². The van der Waals surface area contributed by atoms with Crippen LogP contribution in [0.3, 0.4) is 0 Å². The SMILES string of the molecule is Cc1ccn(CC(=O)Nc2cccc(NC(=O)CN(C)C)c2)n1. The molecule has 0 saturated carbocycles. The van der Waals surface area contributed by atoms with Crippen LogP contribution in [0, 0.1) is 6.92 Å². The molecule has 7 nitrogen and oxygen atoms in total. The van der Waals surface area contributed by atoms with Crippen molar-refractivity contribution in [3.05, 3.63) is 42.2 Å². The first kappa shape index (κ1) is 16.7. The number of hydrogen-bond acceptors (Lipinski definition) is 4. The standard InChI is InChI=1S/C16H21N5O2/c1-12-7-8-21(19-12)11-16(23)18-14-6-4-5-13(9-14)17-15(22)10-20(2)3/h4-9H,10-11H2,1-3H3,(H,17,22)(H,18,23). The van der Waals surface area contributed by atoms with Crippen LogP contribution in [-0.2, 0) is 16.1 Å². The number of carbonyl (C=O) groups excluding carboxylic acids is 2. The van der Waals surface area contributed by atoms with Gasteiger partial charge in [0.25, 0.3) is 0 Å². The molecule has 2 amide bonds. The van der Waals surface area contributed by atoms with E-state index in [1.807, 2.05) is 27.1 Å². The van der Waals surface area contributed by atoms with Crippen molar-refractivity contribution in [3.63, 3.8) is 0 Å². The quantitative estimate of drug-likeness (QED) is 0.843. The van der Waals surface area contributed by atoms with Crippen LogP contribution in [0.2, 0.25) is 0 Å². The molecule has 2 N–H and O–H groups in total. The van der Waals surface area contributed by atoms with Gasteiger partial charge in [-0.1, -0.05) is 6.07 Å². The van der Waals surface area contributed by atoms with E-state index in [1.54, 1.807) is 40.0 Å². The zero-order valence-corrected chi connectivity index (χ0v) is 13.5. The summed E-state index contributed by atoms with van der Waals surface area (Å²) < 4.78 is 1.58. The fourth-order valence-corrected chi connectivity index (χ4v) is 2.06. The predicted molar refractivity (Wildman–Crippen MR) is 89.2 cm³/mol. The molecule has 0 fully saturated rings. The molecule has 1 heterocycles. The molecular weight excluding hydrogens is 294 g/mol. The van der Waals surface area contributed by atoms with Gasteiger partial charge in [-0.05, 0) is 45.3 Å². The number of aryl methyl sites for hydroxylation is 1. The van der Waals surface area contributed by atoms with Crippen LogP contribution in [0.4, 0.5) is 11.4 Å². The van der Waals surface area contributed by atoms with Crippen molar-refractivity contribution in [2.24, 2.45) is 0 Å². The van der Waals surface area contributed by atoms with Crippen LogP contribution in [0.25, 0.3) is 0 Å². The molecule has 2 aromatic rings. The van der Waals surface area contributed by atoms with E-state index in [2.05, 4.69) is 15.7 Å². The topological polar surface area (TPSA) is 79.3 Å². The Hall–Kier alpha value is -2.67. The number of anilines is 2. The smallest absolute Gasteiger partial charge is 0.246 e. The third-order valence-electron chi connectivity index (χ3n) is 2.97. The predicted octanol–water partition coefficient (Wildman–Crippen LogP) is 1.33. The highest BCUT2D eigenvalue weighted by atomic mass is 16.2. The molecular formula is C16H21N5O2. The first-order valence-electron chi connectivity index (χ1n) is 7.27. The average molecular weight is 315 g/mol. The van der Waals surface area contributed by atoms with Gasteiger partial charge in [-0.2, -0.15) is 5.10 Å². The highest BCUT2D eigenvalue weighted by Gasteiger charge is 2.07. The molecule has 0 bridgehead atoms. The number of nitrogens with zero attached hydrogens (tertiary/aromatic N) is 3. The van der Waals surface area contributed by atoms with Crippen molar-refractivity contribution in [1.29, 1.82) is 0 Å². The van der Waals surface area contributed by atoms with Crippen molar-refractivity contribution in [1.82, 2.24) is 14.7 Å². The summed E-state index contributed by atoms with van der Waals surface area (Å²) in [4.78, 5) is 25.5. The van der Waals surface area contributed by atoms with Crippen LogP contribution < -0.4 is 10.6 Å². The lowest BCUT2D eigenvalue weighted by Crippen LogP contribution is -2.27. The molecule has 0 aliphatic rings. The van der Waals surface area contributed by atoms with Gasteiger partial charge in [0.2, 0.25) is 11.8 Å². The van der Waals surface area contributed by atoms with Gasteiger partial charge in [-0.3, -0.25) is 14.3 Å². The van der Waals surface area contributed by atoms with E-state index >= 15 is 0 Å². The maximum Gasteiger partial charge on any atom is 0.246 e. The number of amides is 2. The van der Waals surface area contributed by atoms with E-state index in [-0.39, 0.29) is 18.4 Å². The van der Waals surface area contributed by atoms with Crippen molar-refractivity contribution in [2.45, 2.75) is 13.5 Å². The summed E-state index contributed by atoms with van der Waals surface area (Å²) in [6.45, 7) is 2.31. The summed E-state index contributed by atoms with van der Waals surface area (Å²) in [6, 6.07) is 8.89. The lowest BCUT2D eigenvalue weighted by molar-refractivity contribution is -0.117.